The molecule has 0 aromatic rings. The van der Waals surface area contributed by atoms with E-state index in [0.29, 0.717) is 24.7 Å². The lowest BCUT2D eigenvalue weighted by molar-refractivity contribution is -0.142. The Morgan fingerprint density at radius 3 is 2.62 bits per heavy atom. The third-order valence-corrected chi connectivity index (χ3v) is 2.50. The molecule has 0 aliphatic carbocycles. The van der Waals surface area contributed by atoms with Crippen LogP contribution in [0, 0.1) is 5.92 Å². The van der Waals surface area contributed by atoms with Crippen molar-refractivity contribution in [3.8, 4) is 0 Å². The van der Waals surface area contributed by atoms with E-state index in [1.807, 2.05) is 0 Å². The van der Waals surface area contributed by atoms with Gasteiger partial charge in [0.1, 0.15) is 0 Å². The van der Waals surface area contributed by atoms with Crippen molar-refractivity contribution < 1.29 is 14.3 Å². The fourth-order valence-corrected chi connectivity index (χ4v) is 1.39. The molecule has 0 amide bonds. The molecule has 1 aliphatic heterocycles. The summed E-state index contributed by atoms with van der Waals surface area (Å²) in [6.45, 7) is 6.17. The molecule has 1 fully saturated rings. The smallest absolute Gasteiger partial charge is 0.302 e. The predicted octanol–water partition coefficient (Wildman–Crippen LogP) is 1.75. The van der Waals surface area contributed by atoms with Crippen molar-refractivity contribution in [3.63, 3.8) is 0 Å². The standard InChI is InChI=1S/C10H18O3/c1-4-9(6-12-8(3)11)5-10-7(2)13-10/h7,9-10H,4-6H2,1-3H3. The van der Waals surface area contributed by atoms with Gasteiger partial charge in [-0.15, -0.1) is 0 Å². The molecule has 0 radical (unpaired) electrons. The largest absolute Gasteiger partial charge is 0.466 e. The summed E-state index contributed by atoms with van der Waals surface area (Å²) in [4.78, 5) is 10.6. The van der Waals surface area contributed by atoms with Crippen molar-refractivity contribution in [2.75, 3.05) is 6.61 Å². The Morgan fingerprint density at radius 2 is 2.23 bits per heavy atom. The van der Waals surface area contributed by atoms with Gasteiger partial charge in [0, 0.05) is 6.92 Å². The quantitative estimate of drug-likeness (QED) is 0.485. The molecule has 1 heterocycles. The van der Waals surface area contributed by atoms with Gasteiger partial charge < -0.3 is 9.47 Å². The maximum Gasteiger partial charge on any atom is 0.302 e. The second-order valence-electron chi connectivity index (χ2n) is 3.69. The van der Waals surface area contributed by atoms with Crippen LogP contribution in [-0.4, -0.2) is 24.8 Å². The van der Waals surface area contributed by atoms with Crippen LogP contribution in [0.25, 0.3) is 0 Å². The maximum atomic E-state index is 10.6. The third-order valence-electron chi connectivity index (χ3n) is 2.50. The summed E-state index contributed by atoms with van der Waals surface area (Å²) in [5, 5.41) is 0. The number of epoxide rings is 1. The van der Waals surface area contributed by atoms with E-state index in [1.54, 1.807) is 0 Å². The molecule has 1 saturated heterocycles. The minimum atomic E-state index is -0.191. The zero-order valence-electron chi connectivity index (χ0n) is 8.58. The summed E-state index contributed by atoms with van der Waals surface area (Å²) in [7, 11) is 0. The van der Waals surface area contributed by atoms with Gasteiger partial charge in [0.25, 0.3) is 0 Å². The molecule has 3 atom stereocenters. The van der Waals surface area contributed by atoms with Gasteiger partial charge in [-0.2, -0.15) is 0 Å². The first-order valence-electron chi connectivity index (χ1n) is 4.92. The molecule has 0 bridgehead atoms. The first-order valence-corrected chi connectivity index (χ1v) is 4.92. The van der Waals surface area contributed by atoms with E-state index in [2.05, 4.69) is 13.8 Å². The van der Waals surface area contributed by atoms with Crippen molar-refractivity contribution >= 4 is 5.97 Å². The van der Waals surface area contributed by atoms with Crippen LogP contribution in [-0.2, 0) is 14.3 Å². The molecule has 0 N–H and O–H groups in total. The van der Waals surface area contributed by atoms with Gasteiger partial charge in [0.15, 0.2) is 0 Å². The summed E-state index contributed by atoms with van der Waals surface area (Å²) in [5.41, 5.74) is 0. The molecule has 3 heteroatoms. The average Bonchev–Trinajstić information content (AvgIpc) is 2.75. The highest BCUT2D eigenvalue weighted by Crippen LogP contribution is 2.29. The molecule has 0 aromatic carbocycles. The first-order chi connectivity index (χ1) is 6.13. The fourth-order valence-electron chi connectivity index (χ4n) is 1.39. The van der Waals surface area contributed by atoms with Crippen LogP contribution in [0.4, 0.5) is 0 Å². The van der Waals surface area contributed by atoms with Crippen molar-refractivity contribution in [3.05, 3.63) is 0 Å². The zero-order valence-corrected chi connectivity index (χ0v) is 8.58. The predicted molar refractivity (Wildman–Crippen MR) is 49.4 cm³/mol. The lowest BCUT2D eigenvalue weighted by atomic mass is 10.0. The number of esters is 1. The fraction of sp³-hybridized carbons (Fsp3) is 0.900. The molecule has 1 rings (SSSR count). The van der Waals surface area contributed by atoms with Gasteiger partial charge in [-0.25, -0.2) is 0 Å². The van der Waals surface area contributed by atoms with Gasteiger partial charge in [0.05, 0.1) is 18.8 Å². The van der Waals surface area contributed by atoms with Crippen LogP contribution in [0.3, 0.4) is 0 Å². The van der Waals surface area contributed by atoms with Crippen molar-refractivity contribution in [1.29, 1.82) is 0 Å². The monoisotopic (exact) mass is 186 g/mol. The van der Waals surface area contributed by atoms with Crippen LogP contribution in [0.15, 0.2) is 0 Å². The normalized spacial score (nSPS) is 28.2. The van der Waals surface area contributed by atoms with E-state index >= 15 is 0 Å². The third kappa shape index (κ3) is 3.77. The molecule has 1 aliphatic rings. The summed E-state index contributed by atoms with van der Waals surface area (Å²) in [6, 6.07) is 0. The first kappa shape index (κ1) is 10.5. The Labute approximate surface area is 79.4 Å². The van der Waals surface area contributed by atoms with Crippen molar-refractivity contribution in [1.82, 2.24) is 0 Å². The molecular formula is C10H18O3. The summed E-state index contributed by atoms with van der Waals surface area (Å²) >= 11 is 0. The molecule has 13 heavy (non-hydrogen) atoms. The number of carbonyl (C=O) groups is 1. The summed E-state index contributed by atoms with van der Waals surface area (Å²) < 4.78 is 10.3. The van der Waals surface area contributed by atoms with Gasteiger partial charge in [-0.05, 0) is 25.7 Å². The Bertz CT molecular complexity index is 179. The number of rotatable bonds is 5. The maximum absolute atomic E-state index is 10.6. The lowest BCUT2D eigenvalue weighted by Crippen LogP contribution is -2.14. The Kier molecular flexibility index (Phi) is 3.72. The van der Waals surface area contributed by atoms with Crippen LogP contribution in [0.5, 0.6) is 0 Å². The average molecular weight is 186 g/mol. The Morgan fingerprint density at radius 1 is 1.62 bits per heavy atom. The van der Waals surface area contributed by atoms with Gasteiger partial charge >= 0.3 is 5.97 Å². The molecule has 3 nitrogen and oxygen atoms in total. The van der Waals surface area contributed by atoms with E-state index in [1.165, 1.54) is 6.92 Å². The van der Waals surface area contributed by atoms with Crippen LogP contribution in [0.2, 0.25) is 0 Å². The Balaban J connectivity index is 2.14. The zero-order chi connectivity index (χ0) is 9.84. The highest BCUT2D eigenvalue weighted by atomic mass is 16.6. The number of ether oxygens (including phenoxy) is 2. The van der Waals surface area contributed by atoms with E-state index in [-0.39, 0.29) is 5.97 Å². The summed E-state index contributed by atoms with van der Waals surface area (Å²) in [6.07, 6.45) is 2.87. The van der Waals surface area contributed by atoms with Gasteiger partial charge in [0.2, 0.25) is 0 Å². The lowest BCUT2D eigenvalue weighted by Gasteiger charge is -2.12. The second-order valence-corrected chi connectivity index (χ2v) is 3.69. The highest BCUT2D eigenvalue weighted by Gasteiger charge is 2.35. The van der Waals surface area contributed by atoms with Gasteiger partial charge in [-0.1, -0.05) is 6.92 Å². The van der Waals surface area contributed by atoms with E-state index in [9.17, 15) is 4.79 Å². The Hall–Kier alpha value is -0.570. The minimum absolute atomic E-state index is 0.191. The van der Waals surface area contributed by atoms with Crippen LogP contribution < -0.4 is 0 Å². The van der Waals surface area contributed by atoms with Crippen molar-refractivity contribution in [2.45, 2.75) is 45.8 Å². The number of hydrogen-bond donors (Lipinski definition) is 0. The van der Waals surface area contributed by atoms with Crippen LogP contribution in [0.1, 0.15) is 33.6 Å². The number of carbonyl (C=O) groups excluding carboxylic acids is 1. The second kappa shape index (κ2) is 4.61. The molecule has 0 spiro atoms. The van der Waals surface area contributed by atoms with E-state index in [4.69, 9.17) is 9.47 Å². The molecule has 3 unspecified atom stereocenters. The number of hydrogen-bond acceptors (Lipinski definition) is 3. The molecule has 76 valence electrons. The topological polar surface area (TPSA) is 38.8 Å². The van der Waals surface area contributed by atoms with Crippen LogP contribution >= 0.6 is 0 Å². The van der Waals surface area contributed by atoms with E-state index < -0.39 is 0 Å². The van der Waals surface area contributed by atoms with Crippen molar-refractivity contribution in [2.24, 2.45) is 5.92 Å². The van der Waals surface area contributed by atoms with Gasteiger partial charge in [-0.3, -0.25) is 4.79 Å². The molecule has 0 aromatic heterocycles. The van der Waals surface area contributed by atoms with E-state index in [0.717, 1.165) is 12.8 Å². The molecular weight excluding hydrogens is 168 g/mol. The summed E-state index contributed by atoms with van der Waals surface area (Å²) in [5.74, 6) is 0.266. The molecule has 0 saturated carbocycles. The SMILES string of the molecule is CCC(COC(C)=O)CC1OC1C. The highest BCUT2D eigenvalue weighted by molar-refractivity contribution is 5.65. The minimum Gasteiger partial charge on any atom is -0.466 e.